The Morgan fingerprint density at radius 3 is 2.71 bits per heavy atom. The molecule has 3 unspecified atom stereocenters. The molecular formula is C15H20S2. The standard InChI is InChI=1S/C15H20S2/c16-10-15-9-8-13(17)6-4-12(15)5-7-14(15)11-2-1-3-11/h4-7,12-13,16-17H,1-3,8-10H2. The van der Waals surface area contributed by atoms with Crippen LogP contribution in [0.2, 0.25) is 0 Å². The van der Waals surface area contributed by atoms with E-state index in [0.29, 0.717) is 11.2 Å². The Labute approximate surface area is 115 Å². The van der Waals surface area contributed by atoms with Gasteiger partial charge in [0.1, 0.15) is 0 Å². The highest BCUT2D eigenvalue weighted by Gasteiger charge is 2.43. The third-order valence-corrected chi connectivity index (χ3v) is 5.69. The average Bonchev–Trinajstić information content (AvgIpc) is 2.52. The van der Waals surface area contributed by atoms with Gasteiger partial charge in [0.2, 0.25) is 0 Å². The molecule has 3 aliphatic carbocycles. The first-order valence-electron chi connectivity index (χ1n) is 6.64. The fourth-order valence-electron chi connectivity index (χ4n) is 3.39. The number of fused-ring (bicyclic) bond motifs is 1. The second-order valence-electron chi connectivity index (χ2n) is 5.56. The summed E-state index contributed by atoms with van der Waals surface area (Å²) in [4.78, 5) is 0. The minimum Gasteiger partial charge on any atom is -0.178 e. The lowest BCUT2D eigenvalue weighted by molar-refractivity contribution is 0.330. The molecule has 0 spiro atoms. The Kier molecular flexibility index (Phi) is 3.20. The van der Waals surface area contributed by atoms with Crippen molar-refractivity contribution in [2.75, 3.05) is 5.75 Å². The SMILES string of the molecule is SCC12CCC(S)C=CC1C=CC2=C1CCC1. The van der Waals surface area contributed by atoms with Crippen molar-refractivity contribution in [3.63, 3.8) is 0 Å². The van der Waals surface area contributed by atoms with Crippen molar-refractivity contribution >= 4 is 25.3 Å². The lowest BCUT2D eigenvalue weighted by atomic mass is 9.69. The van der Waals surface area contributed by atoms with E-state index in [-0.39, 0.29) is 5.41 Å². The predicted molar refractivity (Wildman–Crippen MR) is 80.9 cm³/mol. The summed E-state index contributed by atoms with van der Waals surface area (Å²) in [5.41, 5.74) is 3.60. The van der Waals surface area contributed by atoms with E-state index in [2.05, 4.69) is 49.6 Å². The Balaban J connectivity index is 2.00. The van der Waals surface area contributed by atoms with Crippen molar-refractivity contribution < 1.29 is 0 Å². The maximum atomic E-state index is 4.69. The van der Waals surface area contributed by atoms with Gasteiger partial charge in [0.05, 0.1) is 0 Å². The van der Waals surface area contributed by atoms with Crippen molar-refractivity contribution in [2.45, 2.75) is 37.4 Å². The molecule has 0 bridgehead atoms. The zero-order valence-electron chi connectivity index (χ0n) is 10.1. The minimum atomic E-state index is 0.285. The average molecular weight is 264 g/mol. The summed E-state index contributed by atoms with van der Waals surface area (Å²) < 4.78 is 0. The van der Waals surface area contributed by atoms with Crippen LogP contribution in [0.1, 0.15) is 32.1 Å². The van der Waals surface area contributed by atoms with Crippen molar-refractivity contribution in [3.8, 4) is 0 Å². The van der Waals surface area contributed by atoms with E-state index in [1.54, 1.807) is 11.1 Å². The first-order valence-corrected chi connectivity index (χ1v) is 7.79. The van der Waals surface area contributed by atoms with E-state index in [1.165, 1.54) is 32.1 Å². The molecule has 0 aromatic rings. The molecule has 0 amide bonds. The summed E-state index contributed by atoms with van der Waals surface area (Å²) in [7, 11) is 0. The largest absolute Gasteiger partial charge is 0.178 e. The molecule has 1 fully saturated rings. The Bertz CT molecular complexity index is 399. The Hall–Kier alpha value is -0.0800. The second-order valence-corrected chi connectivity index (χ2v) is 6.54. The number of allylic oxidation sites excluding steroid dienone is 5. The van der Waals surface area contributed by atoms with Crippen LogP contribution in [0.4, 0.5) is 0 Å². The van der Waals surface area contributed by atoms with Crippen molar-refractivity contribution in [1.82, 2.24) is 0 Å². The zero-order chi connectivity index (χ0) is 11.9. The van der Waals surface area contributed by atoms with Gasteiger partial charge in [-0.3, -0.25) is 0 Å². The van der Waals surface area contributed by atoms with E-state index in [0.717, 1.165) is 5.75 Å². The van der Waals surface area contributed by atoms with Gasteiger partial charge in [-0.1, -0.05) is 29.9 Å². The smallest absolute Gasteiger partial charge is 0.0197 e. The van der Waals surface area contributed by atoms with Gasteiger partial charge in [0.15, 0.2) is 0 Å². The van der Waals surface area contributed by atoms with E-state index >= 15 is 0 Å². The summed E-state index contributed by atoms with van der Waals surface area (Å²) in [6.45, 7) is 0. The van der Waals surface area contributed by atoms with Crippen LogP contribution in [0, 0.1) is 11.3 Å². The fourth-order valence-corrected chi connectivity index (χ4v) is 4.16. The van der Waals surface area contributed by atoms with E-state index in [9.17, 15) is 0 Å². The third-order valence-electron chi connectivity index (χ3n) is 4.69. The molecule has 2 heteroatoms. The van der Waals surface area contributed by atoms with Crippen LogP contribution in [0.25, 0.3) is 0 Å². The van der Waals surface area contributed by atoms with Gasteiger partial charge < -0.3 is 0 Å². The monoisotopic (exact) mass is 264 g/mol. The molecule has 17 heavy (non-hydrogen) atoms. The van der Waals surface area contributed by atoms with Gasteiger partial charge in [-0.25, -0.2) is 0 Å². The van der Waals surface area contributed by atoms with E-state index in [1.807, 2.05) is 0 Å². The van der Waals surface area contributed by atoms with Crippen LogP contribution in [0.5, 0.6) is 0 Å². The Morgan fingerprint density at radius 2 is 2.06 bits per heavy atom. The summed E-state index contributed by atoms with van der Waals surface area (Å²) in [6.07, 6.45) is 15.8. The number of hydrogen-bond donors (Lipinski definition) is 2. The maximum Gasteiger partial charge on any atom is 0.0197 e. The molecule has 0 aromatic heterocycles. The summed E-state index contributed by atoms with van der Waals surface area (Å²) in [5.74, 6) is 1.52. The molecule has 3 aliphatic rings. The van der Waals surface area contributed by atoms with Crippen molar-refractivity contribution in [1.29, 1.82) is 0 Å². The third kappa shape index (κ3) is 1.84. The number of thiol groups is 2. The molecule has 3 rings (SSSR count). The van der Waals surface area contributed by atoms with Gasteiger partial charge in [-0.05, 0) is 37.7 Å². The summed E-state index contributed by atoms with van der Waals surface area (Å²) in [6, 6.07) is 0. The molecule has 0 aromatic carbocycles. The first kappa shape index (κ1) is 12.0. The maximum absolute atomic E-state index is 4.69. The van der Waals surface area contributed by atoms with Gasteiger partial charge in [-0.15, -0.1) is 0 Å². The molecule has 1 saturated carbocycles. The molecule has 0 nitrogen and oxygen atoms in total. The van der Waals surface area contributed by atoms with E-state index in [4.69, 9.17) is 0 Å². The van der Waals surface area contributed by atoms with Gasteiger partial charge >= 0.3 is 0 Å². The summed E-state index contributed by atoms with van der Waals surface area (Å²) in [5, 5.41) is 0.429. The van der Waals surface area contributed by atoms with Crippen LogP contribution < -0.4 is 0 Å². The molecular weight excluding hydrogens is 244 g/mol. The zero-order valence-corrected chi connectivity index (χ0v) is 11.9. The van der Waals surface area contributed by atoms with Crippen LogP contribution >= 0.6 is 25.3 Å². The molecule has 3 atom stereocenters. The predicted octanol–water partition coefficient (Wildman–Crippen LogP) is 4.22. The minimum absolute atomic E-state index is 0.285. The highest BCUT2D eigenvalue weighted by molar-refractivity contribution is 7.81. The van der Waals surface area contributed by atoms with Gasteiger partial charge in [0.25, 0.3) is 0 Å². The molecule has 0 N–H and O–H groups in total. The molecule has 0 saturated heterocycles. The van der Waals surface area contributed by atoms with Crippen LogP contribution in [0.15, 0.2) is 35.5 Å². The molecule has 0 radical (unpaired) electrons. The number of hydrogen-bond acceptors (Lipinski definition) is 2. The molecule has 92 valence electrons. The van der Waals surface area contributed by atoms with Gasteiger partial charge in [0, 0.05) is 22.3 Å². The quantitative estimate of drug-likeness (QED) is 0.514. The molecule has 0 aliphatic heterocycles. The molecule has 0 heterocycles. The first-order chi connectivity index (χ1) is 8.26. The number of rotatable bonds is 1. The van der Waals surface area contributed by atoms with Gasteiger partial charge in [-0.2, -0.15) is 25.3 Å². The highest BCUT2D eigenvalue weighted by atomic mass is 32.1. The lowest BCUT2D eigenvalue weighted by Gasteiger charge is -2.37. The van der Waals surface area contributed by atoms with Crippen LogP contribution in [-0.4, -0.2) is 11.0 Å². The second kappa shape index (κ2) is 4.55. The summed E-state index contributed by atoms with van der Waals surface area (Å²) >= 11 is 9.31. The topological polar surface area (TPSA) is 0 Å². The highest BCUT2D eigenvalue weighted by Crippen LogP contribution is 2.53. The van der Waals surface area contributed by atoms with Crippen molar-refractivity contribution in [3.05, 3.63) is 35.5 Å². The Morgan fingerprint density at radius 1 is 1.24 bits per heavy atom. The van der Waals surface area contributed by atoms with E-state index < -0.39 is 0 Å². The lowest BCUT2D eigenvalue weighted by Crippen LogP contribution is -2.30. The van der Waals surface area contributed by atoms with Crippen molar-refractivity contribution in [2.24, 2.45) is 11.3 Å². The fraction of sp³-hybridized carbons (Fsp3) is 0.600. The van der Waals surface area contributed by atoms with Crippen LogP contribution in [0.3, 0.4) is 0 Å². The normalized spacial score (nSPS) is 40.1. The van der Waals surface area contributed by atoms with Crippen LogP contribution in [-0.2, 0) is 0 Å².